The number of aromatic carboxylic acids is 1. The third-order valence-corrected chi connectivity index (χ3v) is 6.74. The predicted molar refractivity (Wildman–Crippen MR) is 104 cm³/mol. The van der Waals surface area contributed by atoms with Gasteiger partial charge in [-0.05, 0) is 49.8 Å². The van der Waals surface area contributed by atoms with Crippen LogP contribution in [0, 0.1) is 5.82 Å². The molecule has 0 bridgehead atoms. The van der Waals surface area contributed by atoms with Crippen molar-refractivity contribution in [2.24, 2.45) is 5.73 Å². The minimum absolute atomic E-state index is 0.00562. The summed E-state index contributed by atoms with van der Waals surface area (Å²) in [4.78, 5) is 30.3. The van der Waals surface area contributed by atoms with Crippen LogP contribution >= 0.6 is 11.3 Å². The zero-order valence-electron chi connectivity index (χ0n) is 14.9. The van der Waals surface area contributed by atoms with Crippen LogP contribution in [-0.2, 0) is 6.42 Å². The van der Waals surface area contributed by atoms with Crippen LogP contribution in [0.3, 0.4) is 0 Å². The van der Waals surface area contributed by atoms with Crippen molar-refractivity contribution in [2.75, 3.05) is 0 Å². The van der Waals surface area contributed by atoms with E-state index in [0.29, 0.717) is 10.5 Å². The molecule has 2 aliphatic carbocycles. The van der Waals surface area contributed by atoms with Gasteiger partial charge in [0.25, 0.3) is 0 Å². The van der Waals surface area contributed by atoms with Gasteiger partial charge in [-0.25, -0.2) is 14.2 Å². The van der Waals surface area contributed by atoms with E-state index in [1.54, 1.807) is 4.57 Å². The van der Waals surface area contributed by atoms with Gasteiger partial charge in [0.05, 0.1) is 10.3 Å². The number of hydrogen-bond acceptors (Lipinski definition) is 5. The van der Waals surface area contributed by atoms with Crippen molar-refractivity contribution in [3.63, 3.8) is 0 Å². The van der Waals surface area contributed by atoms with E-state index in [1.807, 2.05) is 6.07 Å². The standard InChI is InChI=1S/C20H18FN3O3S/c21-13-6-11-18(25)12(20(26)27)8-24(9-4-5-9)19(11)23-17(13)16-7-10-14(22)2-1-3-15(10)28-16/h6-9,14H,1-5,22H2,(H,26,27). The molecule has 0 amide bonds. The summed E-state index contributed by atoms with van der Waals surface area (Å²) in [5, 5.41) is 9.34. The number of thiophene rings is 1. The van der Waals surface area contributed by atoms with Gasteiger partial charge in [-0.15, -0.1) is 11.3 Å². The lowest BCUT2D eigenvalue weighted by Gasteiger charge is -2.17. The minimum atomic E-state index is -1.31. The van der Waals surface area contributed by atoms with Crippen molar-refractivity contribution in [1.29, 1.82) is 0 Å². The first-order valence-corrected chi connectivity index (χ1v) is 10.1. The van der Waals surface area contributed by atoms with Gasteiger partial charge in [0, 0.05) is 23.2 Å². The molecule has 5 rings (SSSR count). The van der Waals surface area contributed by atoms with Crippen molar-refractivity contribution in [1.82, 2.24) is 9.55 Å². The number of pyridine rings is 2. The van der Waals surface area contributed by atoms with Crippen LogP contribution in [0.4, 0.5) is 4.39 Å². The van der Waals surface area contributed by atoms with E-state index < -0.39 is 17.2 Å². The van der Waals surface area contributed by atoms with Gasteiger partial charge in [-0.3, -0.25) is 4.79 Å². The molecule has 0 saturated heterocycles. The molecule has 3 N–H and O–H groups in total. The lowest BCUT2D eigenvalue weighted by Crippen LogP contribution is -2.19. The SMILES string of the molecule is NC1CCCc2sc(-c3nc4c(cc3F)c(=O)c(C(=O)O)cn4C3CC3)cc21. The fourth-order valence-corrected chi connectivity index (χ4v) is 5.18. The second-order valence-electron chi connectivity index (χ2n) is 7.49. The highest BCUT2D eigenvalue weighted by atomic mass is 32.1. The molecule has 6 nitrogen and oxygen atoms in total. The van der Waals surface area contributed by atoms with E-state index in [2.05, 4.69) is 4.98 Å². The van der Waals surface area contributed by atoms with E-state index in [9.17, 15) is 19.1 Å². The molecule has 8 heteroatoms. The van der Waals surface area contributed by atoms with Crippen molar-refractivity contribution in [3.8, 4) is 10.6 Å². The molecule has 0 aliphatic heterocycles. The summed E-state index contributed by atoms with van der Waals surface area (Å²) >= 11 is 1.49. The van der Waals surface area contributed by atoms with E-state index in [1.165, 1.54) is 17.5 Å². The molecule has 28 heavy (non-hydrogen) atoms. The molecule has 1 saturated carbocycles. The van der Waals surface area contributed by atoms with Crippen LogP contribution in [-0.4, -0.2) is 20.6 Å². The van der Waals surface area contributed by atoms with Crippen LogP contribution < -0.4 is 11.2 Å². The summed E-state index contributed by atoms with van der Waals surface area (Å²) in [6, 6.07) is 3.09. The van der Waals surface area contributed by atoms with Crippen LogP contribution in [0.5, 0.6) is 0 Å². The fraction of sp³-hybridized carbons (Fsp3) is 0.350. The summed E-state index contributed by atoms with van der Waals surface area (Å²) in [6.07, 6.45) is 5.96. The average Bonchev–Trinajstić information content (AvgIpc) is 3.40. The van der Waals surface area contributed by atoms with Gasteiger partial charge in [0.1, 0.15) is 16.9 Å². The van der Waals surface area contributed by atoms with Crippen LogP contribution in [0.25, 0.3) is 21.6 Å². The van der Waals surface area contributed by atoms with Crippen LogP contribution in [0.15, 0.2) is 23.1 Å². The molecular weight excluding hydrogens is 381 g/mol. The molecule has 3 heterocycles. The Hall–Kier alpha value is -2.58. The second-order valence-corrected chi connectivity index (χ2v) is 8.63. The molecule has 1 atom stereocenters. The van der Waals surface area contributed by atoms with Gasteiger partial charge in [0.2, 0.25) is 5.43 Å². The monoisotopic (exact) mass is 399 g/mol. The lowest BCUT2D eigenvalue weighted by atomic mass is 9.94. The summed E-state index contributed by atoms with van der Waals surface area (Å²) in [6.45, 7) is 0. The van der Waals surface area contributed by atoms with E-state index in [-0.39, 0.29) is 28.7 Å². The quantitative estimate of drug-likeness (QED) is 0.701. The first-order valence-electron chi connectivity index (χ1n) is 9.31. The van der Waals surface area contributed by atoms with Crippen LogP contribution in [0.2, 0.25) is 0 Å². The van der Waals surface area contributed by atoms with Crippen LogP contribution in [0.1, 0.15) is 58.6 Å². The highest BCUT2D eigenvalue weighted by Gasteiger charge is 2.29. The third-order valence-electron chi connectivity index (χ3n) is 5.52. The fourth-order valence-electron chi connectivity index (χ4n) is 3.91. The molecule has 144 valence electrons. The maximum Gasteiger partial charge on any atom is 0.341 e. The maximum atomic E-state index is 14.9. The molecule has 0 spiro atoms. The number of carbonyl (C=O) groups is 1. The van der Waals surface area contributed by atoms with Crippen molar-refractivity contribution in [3.05, 3.63) is 50.4 Å². The Balaban J connectivity index is 1.75. The largest absolute Gasteiger partial charge is 0.477 e. The molecule has 0 radical (unpaired) electrons. The zero-order valence-corrected chi connectivity index (χ0v) is 15.8. The second kappa shape index (κ2) is 6.22. The predicted octanol–water partition coefficient (Wildman–Crippen LogP) is 3.63. The van der Waals surface area contributed by atoms with E-state index in [4.69, 9.17) is 5.73 Å². The summed E-state index contributed by atoms with van der Waals surface area (Å²) in [5.41, 5.74) is 6.71. The Labute approximate surface area is 163 Å². The molecule has 1 fully saturated rings. The van der Waals surface area contributed by atoms with E-state index in [0.717, 1.165) is 48.6 Å². The number of aromatic nitrogens is 2. The topological polar surface area (TPSA) is 98.2 Å². The Morgan fingerprint density at radius 3 is 2.79 bits per heavy atom. The van der Waals surface area contributed by atoms with Gasteiger partial charge in [-0.2, -0.15) is 0 Å². The summed E-state index contributed by atoms with van der Waals surface area (Å²) in [5.74, 6) is -1.94. The normalized spacial score (nSPS) is 19.0. The first-order chi connectivity index (χ1) is 13.4. The summed E-state index contributed by atoms with van der Waals surface area (Å²) < 4.78 is 16.7. The Kier molecular flexibility index (Phi) is 3.89. The smallest absolute Gasteiger partial charge is 0.341 e. The first kappa shape index (κ1) is 17.5. The number of carboxylic acid groups (broad SMARTS) is 1. The number of nitrogens with two attached hydrogens (primary N) is 1. The Morgan fingerprint density at radius 2 is 2.11 bits per heavy atom. The molecule has 3 aromatic heterocycles. The number of halogens is 1. The molecular formula is C20H18FN3O3S. The minimum Gasteiger partial charge on any atom is -0.477 e. The highest BCUT2D eigenvalue weighted by Crippen LogP contribution is 2.41. The molecule has 0 aromatic carbocycles. The van der Waals surface area contributed by atoms with E-state index >= 15 is 0 Å². The molecule has 2 aliphatic rings. The number of nitrogens with zero attached hydrogens (tertiary/aromatic N) is 2. The average molecular weight is 399 g/mol. The van der Waals surface area contributed by atoms with Crippen molar-refractivity contribution < 1.29 is 14.3 Å². The molecule has 3 aromatic rings. The highest BCUT2D eigenvalue weighted by molar-refractivity contribution is 7.15. The van der Waals surface area contributed by atoms with Crippen molar-refractivity contribution >= 4 is 28.3 Å². The third kappa shape index (κ3) is 2.67. The Morgan fingerprint density at radius 1 is 1.32 bits per heavy atom. The van der Waals surface area contributed by atoms with Crippen molar-refractivity contribution in [2.45, 2.75) is 44.2 Å². The Bertz CT molecular complexity index is 1200. The molecule has 1 unspecified atom stereocenters. The van der Waals surface area contributed by atoms with Gasteiger partial charge in [-0.1, -0.05) is 0 Å². The summed E-state index contributed by atoms with van der Waals surface area (Å²) in [7, 11) is 0. The number of rotatable bonds is 3. The number of fused-ring (bicyclic) bond motifs is 2. The number of aryl methyl sites for hydroxylation is 1. The number of hydrogen-bond donors (Lipinski definition) is 2. The van der Waals surface area contributed by atoms with Gasteiger partial charge >= 0.3 is 5.97 Å². The van der Waals surface area contributed by atoms with Gasteiger partial charge in [0.15, 0.2) is 5.82 Å². The van der Waals surface area contributed by atoms with Gasteiger partial charge < -0.3 is 15.4 Å². The lowest BCUT2D eigenvalue weighted by molar-refractivity contribution is 0.0695. The number of carboxylic acids is 1. The zero-order chi connectivity index (χ0) is 19.6. The maximum absolute atomic E-state index is 14.9.